The summed E-state index contributed by atoms with van der Waals surface area (Å²) in [7, 11) is 0. The summed E-state index contributed by atoms with van der Waals surface area (Å²) in [4.78, 5) is 24.6. The molecule has 0 radical (unpaired) electrons. The van der Waals surface area contributed by atoms with Gasteiger partial charge in [0.2, 0.25) is 5.91 Å². The number of hydrogen-bond acceptors (Lipinski definition) is 5. The first kappa shape index (κ1) is 68.6. The van der Waals surface area contributed by atoms with E-state index in [9.17, 15) is 19.8 Å². The molecular formula is C64H125NO5. The third-order valence-electron chi connectivity index (χ3n) is 15.1. The molecule has 0 aliphatic heterocycles. The van der Waals surface area contributed by atoms with Gasteiger partial charge in [-0.25, -0.2) is 0 Å². The zero-order valence-electron chi connectivity index (χ0n) is 47.5. The second kappa shape index (κ2) is 60.2. The molecule has 2 unspecified atom stereocenters. The molecule has 0 aromatic rings. The maximum absolute atomic E-state index is 12.5. The lowest BCUT2D eigenvalue weighted by molar-refractivity contribution is -0.143. The fourth-order valence-electron chi connectivity index (χ4n) is 10.2. The van der Waals surface area contributed by atoms with Crippen LogP contribution < -0.4 is 5.32 Å². The number of nitrogens with one attached hydrogen (secondary N) is 1. The smallest absolute Gasteiger partial charge is 0.305 e. The number of hydrogen-bond donors (Lipinski definition) is 3. The van der Waals surface area contributed by atoms with Gasteiger partial charge in [0.15, 0.2) is 0 Å². The number of carbonyl (C=O) groups is 2. The summed E-state index contributed by atoms with van der Waals surface area (Å²) in [6.45, 7) is 4.93. The van der Waals surface area contributed by atoms with E-state index in [2.05, 4.69) is 19.2 Å². The fourth-order valence-corrected chi connectivity index (χ4v) is 10.2. The monoisotopic (exact) mass is 988 g/mol. The van der Waals surface area contributed by atoms with E-state index in [-0.39, 0.29) is 18.5 Å². The molecule has 0 spiro atoms. The first-order chi connectivity index (χ1) is 34.5. The Kier molecular flexibility index (Phi) is 59.0. The number of carbonyl (C=O) groups excluding carboxylic acids is 2. The van der Waals surface area contributed by atoms with Crippen LogP contribution in [0.15, 0.2) is 12.2 Å². The van der Waals surface area contributed by atoms with Gasteiger partial charge in [-0.15, -0.1) is 0 Å². The zero-order chi connectivity index (χ0) is 50.7. The van der Waals surface area contributed by atoms with Gasteiger partial charge in [-0.3, -0.25) is 9.59 Å². The lowest BCUT2D eigenvalue weighted by Gasteiger charge is -2.20. The van der Waals surface area contributed by atoms with Gasteiger partial charge in [0.05, 0.1) is 25.4 Å². The number of unbranched alkanes of at least 4 members (excludes halogenated alkanes) is 49. The van der Waals surface area contributed by atoms with Crippen LogP contribution in [0.3, 0.4) is 0 Å². The Morgan fingerprint density at radius 2 is 0.657 bits per heavy atom. The lowest BCUT2D eigenvalue weighted by atomic mass is 10.0. The van der Waals surface area contributed by atoms with Gasteiger partial charge in [-0.2, -0.15) is 0 Å². The van der Waals surface area contributed by atoms with Crippen molar-refractivity contribution in [3.63, 3.8) is 0 Å². The van der Waals surface area contributed by atoms with E-state index in [1.54, 1.807) is 6.08 Å². The molecule has 6 heteroatoms. The predicted molar refractivity (Wildman–Crippen MR) is 306 cm³/mol. The Balaban J connectivity index is 3.39. The van der Waals surface area contributed by atoms with Crippen LogP contribution in [0.5, 0.6) is 0 Å². The van der Waals surface area contributed by atoms with Crippen LogP contribution >= 0.6 is 0 Å². The number of rotatable bonds is 60. The van der Waals surface area contributed by atoms with Crippen LogP contribution in [-0.4, -0.2) is 47.4 Å². The van der Waals surface area contributed by atoms with Gasteiger partial charge in [0, 0.05) is 12.8 Å². The van der Waals surface area contributed by atoms with Crippen molar-refractivity contribution in [1.82, 2.24) is 5.32 Å². The molecule has 0 saturated heterocycles. The maximum atomic E-state index is 12.5. The maximum Gasteiger partial charge on any atom is 0.305 e. The third kappa shape index (κ3) is 55.9. The van der Waals surface area contributed by atoms with Crippen molar-refractivity contribution in [2.75, 3.05) is 13.2 Å². The molecule has 0 bridgehead atoms. The SMILES string of the molecule is CCCCCCCCCCCCCCCC/C=C/C(O)C(CO)NC(=O)CCCCCCCCCCCCCCCCCCCCCCCOC(=O)CCCCCCCCCCCCCCCCCC. The molecular weight excluding hydrogens is 863 g/mol. The predicted octanol–water partition coefficient (Wildman–Crippen LogP) is 20.0. The van der Waals surface area contributed by atoms with E-state index in [1.807, 2.05) is 6.08 Å². The molecule has 0 aromatic heterocycles. The minimum absolute atomic E-state index is 0.0156. The molecule has 3 N–H and O–H groups in total. The summed E-state index contributed by atoms with van der Waals surface area (Å²) < 4.78 is 5.50. The van der Waals surface area contributed by atoms with E-state index in [0.29, 0.717) is 19.4 Å². The number of ether oxygens (including phenoxy) is 1. The van der Waals surface area contributed by atoms with Gasteiger partial charge < -0.3 is 20.3 Å². The largest absolute Gasteiger partial charge is 0.466 e. The van der Waals surface area contributed by atoms with E-state index in [1.165, 1.54) is 295 Å². The Morgan fingerprint density at radius 1 is 0.386 bits per heavy atom. The Morgan fingerprint density at radius 3 is 0.971 bits per heavy atom. The van der Waals surface area contributed by atoms with Crippen molar-refractivity contribution in [2.45, 2.75) is 373 Å². The number of allylic oxidation sites excluding steroid dienone is 1. The molecule has 0 heterocycles. The lowest BCUT2D eigenvalue weighted by Crippen LogP contribution is -2.45. The molecule has 2 atom stereocenters. The van der Waals surface area contributed by atoms with Crippen LogP contribution in [0.2, 0.25) is 0 Å². The summed E-state index contributed by atoms with van der Waals surface area (Å²) in [6, 6.07) is -0.628. The average Bonchev–Trinajstić information content (AvgIpc) is 3.36. The average molecular weight is 989 g/mol. The zero-order valence-corrected chi connectivity index (χ0v) is 47.5. The fraction of sp³-hybridized carbons (Fsp3) is 0.938. The number of aliphatic hydroxyl groups excluding tert-OH is 2. The quantitative estimate of drug-likeness (QED) is 0.0321. The van der Waals surface area contributed by atoms with Gasteiger partial charge in [0.1, 0.15) is 0 Å². The summed E-state index contributed by atoms with van der Waals surface area (Å²) in [6.07, 6.45) is 72.5. The highest BCUT2D eigenvalue weighted by atomic mass is 16.5. The molecule has 0 aliphatic carbocycles. The van der Waals surface area contributed by atoms with Crippen molar-refractivity contribution < 1.29 is 24.5 Å². The van der Waals surface area contributed by atoms with Crippen LogP contribution in [0.4, 0.5) is 0 Å². The highest BCUT2D eigenvalue weighted by molar-refractivity contribution is 5.76. The molecule has 0 fully saturated rings. The van der Waals surface area contributed by atoms with Gasteiger partial charge in [0.25, 0.3) is 0 Å². The number of esters is 1. The second-order valence-corrected chi connectivity index (χ2v) is 22.1. The van der Waals surface area contributed by atoms with Crippen molar-refractivity contribution in [1.29, 1.82) is 0 Å². The highest BCUT2D eigenvalue weighted by Crippen LogP contribution is 2.18. The second-order valence-electron chi connectivity index (χ2n) is 22.1. The third-order valence-corrected chi connectivity index (χ3v) is 15.1. The van der Waals surface area contributed by atoms with E-state index in [0.717, 1.165) is 38.5 Å². The van der Waals surface area contributed by atoms with Crippen LogP contribution in [0.1, 0.15) is 361 Å². The summed E-state index contributed by atoms with van der Waals surface area (Å²) in [5.74, 6) is -0.0505. The summed E-state index contributed by atoms with van der Waals surface area (Å²) in [5.41, 5.74) is 0. The number of aliphatic hydroxyl groups is 2. The van der Waals surface area contributed by atoms with Crippen molar-refractivity contribution >= 4 is 11.9 Å². The minimum Gasteiger partial charge on any atom is -0.466 e. The Hall–Kier alpha value is -1.40. The molecule has 1 amide bonds. The van der Waals surface area contributed by atoms with Crippen LogP contribution in [0.25, 0.3) is 0 Å². The van der Waals surface area contributed by atoms with E-state index < -0.39 is 12.1 Å². The first-order valence-electron chi connectivity index (χ1n) is 32.0. The number of amides is 1. The normalized spacial score (nSPS) is 12.6. The molecule has 416 valence electrons. The first-order valence-corrected chi connectivity index (χ1v) is 32.0. The molecule has 6 nitrogen and oxygen atoms in total. The van der Waals surface area contributed by atoms with Crippen molar-refractivity contribution in [3.8, 4) is 0 Å². The minimum atomic E-state index is -0.844. The van der Waals surface area contributed by atoms with Crippen molar-refractivity contribution in [2.24, 2.45) is 0 Å². The summed E-state index contributed by atoms with van der Waals surface area (Å²) >= 11 is 0. The Bertz CT molecular complexity index is 1050. The van der Waals surface area contributed by atoms with E-state index in [4.69, 9.17) is 4.74 Å². The van der Waals surface area contributed by atoms with Gasteiger partial charge in [-0.1, -0.05) is 328 Å². The Labute approximate surface area is 438 Å². The molecule has 0 aromatic carbocycles. The van der Waals surface area contributed by atoms with Crippen molar-refractivity contribution in [3.05, 3.63) is 12.2 Å². The molecule has 0 rings (SSSR count). The highest BCUT2D eigenvalue weighted by Gasteiger charge is 2.18. The molecule has 0 saturated carbocycles. The standard InChI is InChI=1S/C64H125NO5/c1-3-5-7-9-11-13-15-17-19-28-32-36-40-44-48-52-56-62(67)61(60-66)65-63(68)57-53-49-45-41-37-33-29-26-24-22-21-23-25-27-31-35-39-43-47-51-55-59-70-64(69)58-54-50-46-42-38-34-30-20-18-16-14-12-10-8-6-4-2/h52,56,61-62,66-67H,3-51,53-55,57-60H2,1-2H3,(H,65,68)/b56-52+. The van der Waals surface area contributed by atoms with Gasteiger partial charge >= 0.3 is 5.97 Å². The molecule has 70 heavy (non-hydrogen) atoms. The topological polar surface area (TPSA) is 95.9 Å². The molecule has 0 aliphatic rings. The van der Waals surface area contributed by atoms with E-state index >= 15 is 0 Å². The van der Waals surface area contributed by atoms with Crippen LogP contribution in [-0.2, 0) is 14.3 Å². The van der Waals surface area contributed by atoms with Crippen LogP contribution in [0, 0.1) is 0 Å². The summed E-state index contributed by atoms with van der Waals surface area (Å²) in [5, 5.41) is 23.2. The van der Waals surface area contributed by atoms with Gasteiger partial charge in [-0.05, 0) is 32.1 Å².